The number of rotatable bonds is 4. The van der Waals surface area contributed by atoms with Crippen molar-refractivity contribution in [3.8, 4) is 0 Å². The fraction of sp³-hybridized carbons (Fsp3) is 0.222. The summed E-state index contributed by atoms with van der Waals surface area (Å²) in [6.07, 6.45) is 5.95. The van der Waals surface area contributed by atoms with Gasteiger partial charge >= 0.3 is 0 Å². The SMILES string of the molecule is SCC=CCSc1ccc(Br)cn1. The standard InChI is InChI=1S/C9H10BrNS2/c10-8-3-4-9(11-7-8)13-6-2-1-5-12/h1-4,7,12H,5-6H2. The number of halogens is 1. The maximum atomic E-state index is 4.24. The van der Waals surface area contributed by atoms with Gasteiger partial charge in [0.1, 0.15) is 0 Å². The Hall–Kier alpha value is 0.0700. The summed E-state index contributed by atoms with van der Waals surface area (Å²) in [5, 5.41) is 1.05. The van der Waals surface area contributed by atoms with E-state index in [1.165, 1.54) is 0 Å². The minimum Gasteiger partial charge on any atom is -0.249 e. The highest BCUT2D eigenvalue weighted by molar-refractivity contribution is 9.10. The normalized spacial score (nSPS) is 10.9. The van der Waals surface area contributed by atoms with Crippen LogP contribution in [0.25, 0.3) is 0 Å². The second-order valence-corrected chi connectivity index (χ2v) is 4.60. The van der Waals surface area contributed by atoms with E-state index in [1.54, 1.807) is 11.8 Å². The Balaban J connectivity index is 2.37. The molecule has 0 unspecified atom stereocenters. The Morgan fingerprint density at radius 2 is 2.31 bits per heavy atom. The van der Waals surface area contributed by atoms with Crippen molar-refractivity contribution in [2.45, 2.75) is 5.03 Å². The van der Waals surface area contributed by atoms with E-state index in [2.05, 4.69) is 39.6 Å². The lowest BCUT2D eigenvalue weighted by molar-refractivity contribution is 1.13. The third-order valence-electron chi connectivity index (χ3n) is 1.30. The zero-order valence-corrected chi connectivity index (χ0v) is 10.3. The molecule has 70 valence electrons. The van der Waals surface area contributed by atoms with Gasteiger partial charge in [0, 0.05) is 22.2 Å². The predicted molar refractivity (Wildman–Crippen MR) is 65.7 cm³/mol. The molecule has 0 saturated carbocycles. The first-order valence-corrected chi connectivity index (χ1v) is 6.24. The summed E-state index contributed by atoms with van der Waals surface area (Å²) in [6, 6.07) is 4.00. The van der Waals surface area contributed by atoms with Crippen LogP contribution in [-0.4, -0.2) is 16.5 Å². The van der Waals surface area contributed by atoms with Crippen LogP contribution in [0.15, 0.2) is 40.0 Å². The number of hydrogen-bond acceptors (Lipinski definition) is 3. The highest BCUT2D eigenvalue weighted by Crippen LogP contribution is 2.17. The summed E-state index contributed by atoms with van der Waals surface area (Å²) in [4.78, 5) is 4.24. The molecule has 1 nitrogen and oxygen atoms in total. The quantitative estimate of drug-likeness (QED) is 0.514. The number of aromatic nitrogens is 1. The van der Waals surface area contributed by atoms with Crippen molar-refractivity contribution in [2.24, 2.45) is 0 Å². The molecule has 0 amide bonds. The Morgan fingerprint density at radius 3 is 2.92 bits per heavy atom. The fourth-order valence-electron chi connectivity index (χ4n) is 0.724. The first kappa shape index (κ1) is 11.1. The molecule has 0 aromatic carbocycles. The van der Waals surface area contributed by atoms with Gasteiger partial charge in [-0.2, -0.15) is 12.6 Å². The van der Waals surface area contributed by atoms with Crippen LogP contribution in [0, 0.1) is 0 Å². The lowest BCUT2D eigenvalue weighted by atomic mass is 10.5. The van der Waals surface area contributed by atoms with E-state index in [0.29, 0.717) is 0 Å². The van der Waals surface area contributed by atoms with Gasteiger partial charge in [-0.05, 0) is 28.1 Å². The number of pyridine rings is 1. The van der Waals surface area contributed by atoms with Crippen LogP contribution in [-0.2, 0) is 0 Å². The molecule has 0 N–H and O–H groups in total. The second kappa shape index (κ2) is 6.51. The maximum absolute atomic E-state index is 4.24. The summed E-state index contributed by atoms with van der Waals surface area (Å²) in [7, 11) is 0. The van der Waals surface area contributed by atoms with Crippen LogP contribution < -0.4 is 0 Å². The first-order valence-electron chi connectivity index (χ1n) is 3.83. The highest BCUT2D eigenvalue weighted by atomic mass is 79.9. The van der Waals surface area contributed by atoms with Crippen LogP contribution in [0.3, 0.4) is 0 Å². The number of thioether (sulfide) groups is 1. The van der Waals surface area contributed by atoms with Crippen molar-refractivity contribution >= 4 is 40.3 Å². The van der Waals surface area contributed by atoms with Gasteiger partial charge in [-0.15, -0.1) is 11.8 Å². The molecule has 0 aliphatic rings. The third-order valence-corrected chi connectivity index (χ3v) is 2.88. The van der Waals surface area contributed by atoms with E-state index in [4.69, 9.17) is 0 Å². The Bertz CT molecular complexity index is 271. The van der Waals surface area contributed by atoms with E-state index >= 15 is 0 Å². The molecule has 1 heterocycles. The van der Waals surface area contributed by atoms with E-state index in [-0.39, 0.29) is 0 Å². The molecule has 0 atom stereocenters. The maximum Gasteiger partial charge on any atom is 0.0963 e. The van der Waals surface area contributed by atoms with Crippen molar-refractivity contribution in [1.29, 1.82) is 0 Å². The average molecular weight is 276 g/mol. The molecule has 1 aromatic rings. The monoisotopic (exact) mass is 275 g/mol. The average Bonchev–Trinajstić information content (AvgIpc) is 2.15. The molecule has 0 saturated heterocycles. The Labute approximate surface area is 96.6 Å². The number of nitrogens with zero attached hydrogens (tertiary/aromatic N) is 1. The van der Waals surface area contributed by atoms with Crippen LogP contribution >= 0.6 is 40.3 Å². The number of thiol groups is 1. The van der Waals surface area contributed by atoms with Crippen LogP contribution in [0.4, 0.5) is 0 Å². The van der Waals surface area contributed by atoms with Crippen molar-refractivity contribution in [3.63, 3.8) is 0 Å². The zero-order valence-electron chi connectivity index (χ0n) is 6.98. The molecular weight excluding hydrogens is 266 g/mol. The molecule has 1 rings (SSSR count). The van der Waals surface area contributed by atoms with Gasteiger partial charge < -0.3 is 0 Å². The Morgan fingerprint density at radius 1 is 1.46 bits per heavy atom. The molecule has 0 aliphatic heterocycles. The fourth-order valence-corrected chi connectivity index (χ4v) is 1.80. The van der Waals surface area contributed by atoms with Crippen molar-refractivity contribution in [1.82, 2.24) is 4.98 Å². The topological polar surface area (TPSA) is 12.9 Å². The first-order chi connectivity index (χ1) is 6.33. The molecule has 0 bridgehead atoms. The van der Waals surface area contributed by atoms with Crippen LogP contribution in [0.5, 0.6) is 0 Å². The van der Waals surface area contributed by atoms with Crippen molar-refractivity contribution < 1.29 is 0 Å². The van der Waals surface area contributed by atoms with Gasteiger partial charge in [0.15, 0.2) is 0 Å². The van der Waals surface area contributed by atoms with E-state index < -0.39 is 0 Å². The molecule has 0 aliphatic carbocycles. The highest BCUT2D eigenvalue weighted by Gasteiger charge is 1.92. The summed E-state index contributed by atoms with van der Waals surface area (Å²) >= 11 is 9.14. The van der Waals surface area contributed by atoms with Crippen molar-refractivity contribution in [2.75, 3.05) is 11.5 Å². The summed E-state index contributed by atoms with van der Waals surface area (Å²) in [5.74, 6) is 1.75. The minimum atomic E-state index is 0.800. The van der Waals surface area contributed by atoms with Gasteiger partial charge in [0.05, 0.1) is 5.03 Å². The summed E-state index contributed by atoms with van der Waals surface area (Å²) < 4.78 is 1.02. The molecule has 0 fully saturated rings. The third kappa shape index (κ3) is 4.74. The van der Waals surface area contributed by atoms with Gasteiger partial charge in [-0.1, -0.05) is 12.2 Å². The molecule has 1 aromatic heterocycles. The molecule has 13 heavy (non-hydrogen) atoms. The summed E-state index contributed by atoms with van der Waals surface area (Å²) in [5.41, 5.74) is 0. The van der Waals surface area contributed by atoms with Crippen LogP contribution in [0.2, 0.25) is 0 Å². The van der Waals surface area contributed by atoms with Crippen molar-refractivity contribution in [3.05, 3.63) is 35.0 Å². The molecular formula is C9H10BrNS2. The number of hydrogen-bond donors (Lipinski definition) is 1. The Kier molecular flexibility index (Phi) is 5.58. The van der Waals surface area contributed by atoms with Crippen LogP contribution in [0.1, 0.15) is 0 Å². The lowest BCUT2D eigenvalue weighted by Gasteiger charge is -1.96. The van der Waals surface area contributed by atoms with E-state index in [0.717, 1.165) is 21.0 Å². The molecule has 0 radical (unpaired) electrons. The van der Waals surface area contributed by atoms with Gasteiger partial charge in [0.25, 0.3) is 0 Å². The predicted octanol–water partition coefficient (Wildman–Crippen LogP) is 3.42. The van der Waals surface area contributed by atoms with Gasteiger partial charge in [-0.3, -0.25) is 0 Å². The van der Waals surface area contributed by atoms with Gasteiger partial charge in [-0.25, -0.2) is 4.98 Å². The lowest BCUT2D eigenvalue weighted by Crippen LogP contribution is -1.79. The van der Waals surface area contributed by atoms with E-state index in [9.17, 15) is 0 Å². The summed E-state index contributed by atoms with van der Waals surface area (Å²) in [6.45, 7) is 0. The molecule has 4 heteroatoms. The minimum absolute atomic E-state index is 0.800. The zero-order chi connectivity index (χ0) is 9.52. The smallest absolute Gasteiger partial charge is 0.0963 e. The van der Waals surface area contributed by atoms with Gasteiger partial charge in [0.2, 0.25) is 0 Å². The largest absolute Gasteiger partial charge is 0.249 e. The van der Waals surface area contributed by atoms with E-state index in [1.807, 2.05) is 24.4 Å². The second-order valence-electron chi connectivity index (χ2n) is 2.28. The molecule has 0 spiro atoms.